The minimum atomic E-state index is -5.68. The lowest BCUT2D eigenvalue weighted by Crippen LogP contribution is -2.14. The zero-order valence-electron chi connectivity index (χ0n) is 16.1. The molecule has 2 aromatic carbocycles. The fourth-order valence-electron chi connectivity index (χ4n) is 2.49. The van der Waals surface area contributed by atoms with Crippen LogP contribution in [0.25, 0.3) is 0 Å². The average molecular weight is 623 g/mol. The highest BCUT2D eigenvalue weighted by Crippen LogP contribution is 2.60. The van der Waals surface area contributed by atoms with Crippen molar-refractivity contribution < 1.29 is 36.3 Å². The van der Waals surface area contributed by atoms with Crippen molar-refractivity contribution in [1.29, 1.82) is 0 Å². The molecule has 34 heavy (non-hydrogen) atoms. The van der Waals surface area contributed by atoms with Crippen LogP contribution in [0.3, 0.4) is 0 Å². The summed E-state index contributed by atoms with van der Waals surface area (Å²) in [5.74, 6) is 0.610. The van der Waals surface area contributed by atoms with E-state index >= 15 is 0 Å². The van der Waals surface area contributed by atoms with Crippen molar-refractivity contribution in [2.24, 2.45) is 0 Å². The Morgan fingerprint density at radius 2 is 1.50 bits per heavy atom. The van der Waals surface area contributed by atoms with E-state index in [1.807, 2.05) is 0 Å². The molecule has 0 aliphatic heterocycles. The standard InChI is InChI=1S/C18H13BrF5N2O3PS3.CH4/c19-14-7-11(4-5-13(14)18(23,24)30(27,28)29)9-32-16-26-25-15(33-16)31-8-10-2-1-3-12(6-10)17(20,21)22;/h1-7H,8-9H2,(H2,27,28,29);1H4. The summed E-state index contributed by atoms with van der Waals surface area (Å²) in [6, 6.07) is 8.66. The molecule has 0 saturated heterocycles. The SMILES string of the molecule is C.O=P(O)(O)C(F)(F)c1ccc(CSc2nnc(SCc3cccc(C(F)(F)F)c3)s2)cc1Br. The molecule has 0 unspecified atom stereocenters. The Balaban J connectivity index is 0.00000408. The lowest BCUT2D eigenvalue weighted by Gasteiger charge is -2.19. The Morgan fingerprint density at radius 3 is 2.00 bits per heavy atom. The maximum atomic E-state index is 13.9. The van der Waals surface area contributed by atoms with Crippen LogP contribution in [0.5, 0.6) is 0 Å². The molecule has 3 rings (SSSR count). The van der Waals surface area contributed by atoms with Crippen LogP contribution >= 0.6 is 58.4 Å². The first-order valence-electron chi connectivity index (χ1n) is 8.75. The molecule has 0 saturated carbocycles. The van der Waals surface area contributed by atoms with Crippen LogP contribution in [0.4, 0.5) is 22.0 Å². The number of halogens is 6. The number of hydrogen-bond acceptors (Lipinski definition) is 6. The van der Waals surface area contributed by atoms with Gasteiger partial charge in [-0.1, -0.05) is 88.5 Å². The van der Waals surface area contributed by atoms with Crippen LogP contribution in [0.1, 0.15) is 29.7 Å². The molecule has 0 radical (unpaired) electrons. The summed E-state index contributed by atoms with van der Waals surface area (Å²) in [5, 5.41) is 8.01. The number of hydrogen-bond donors (Lipinski definition) is 2. The second-order valence-electron chi connectivity index (χ2n) is 6.51. The number of aromatic nitrogens is 2. The van der Waals surface area contributed by atoms with E-state index in [4.69, 9.17) is 9.79 Å². The highest BCUT2D eigenvalue weighted by Gasteiger charge is 2.51. The first-order valence-corrected chi connectivity index (χ1v) is 13.9. The maximum Gasteiger partial charge on any atom is 0.416 e. The van der Waals surface area contributed by atoms with Crippen LogP contribution < -0.4 is 0 Å². The van der Waals surface area contributed by atoms with Gasteiger partial charge >= 0.3 is 19.4 Å². The minimum absolute atomic E-state index is 0. The van der Waals surface area contributed by atoms with Gasteiger partial charge in [-0.3, -0.25) is 4.57 Å². The highest BCUT2D eigenvalue weighted by atomic mass is 79.9. The van der Waals surface area contributed by atoms with Crippen molar-refractivity contribution in [2.75, 3.05) is 0 Å². The molecule has 2 N–H and O–H groups in total. The molecule has 0 spiro atoms. The topological polar surface area (TPSA) is 83.3 Å². The van der Waals surface area contributed by atoms with Gasteiger partial charge in [-0.05, 0) is 23.3 Å². The maximum absolute atomic E-state index is 13.9. The van der Waals surface area contributed by atoms with Crippen molar-refractivity contribution in [2.45, 2.75) is 39.5 Å². The summed E-state index contributed by atoms with van der Waals surface area (Å²) in [6.07, 6.45) is -4.41. The van der Waals surface area contributed by atoms with Crippen molar-refractivity contribution in [1.82, 2.24) is 10.2 Å². The third-order valence-corrected chi connectivity index (χ3v) is 9.05. The number of thioether (sulfide) groups is 2. The lowest BCUT2D eigenvalue weighted by molar-refractivity contribution is -0.137. The van der Waals surface area contributed by atoms with Crippen LogP contribution in [-0.2, 0) is 27.9 Å². The average Bonchev–Trinajstić information content (AvgIpc) is 3.17. The van der Waals surface area contributed by atoms with E-state index in [0.717, 1.165) is 18.2 Å². The van der Waals surface area contributed by atoms with E-state index in [9.17, 15) is 26.5 Å². The molecule has 0 aliphatic carbocycles. The fourth-order valence-corrected chi connectivity index (χ4v) is 6.73. The summed E-state index contributed by atoms with van der Waals surface area (Å²) in [5.41, 5.74) is -4.75. The van der Waals surface area contributed by atoms with E-state index in [-0.39, 0.29) is 17.7 Å². The van der Waals surface area contributed by atoms with E-state index in [2.05, 4.69) is 26.1 Å². The zero-order valence-corrected chi connectivity index (χ0v) is 21.0. The summed E-state index contributed by atoms with van der Waals surface area (Å²) in [6.45, 7) is 0. The number of benzene rings is 2. The largest absolute Gasteiger partial charge is 0.416 e. The summed E-state index contributed by atoms with van der Waals surface area (Å²) < 4.78 is 78.3. The van der Waals surface area contributed by atoms with E-state index in [0.29, 0.717) is 25.6 Å². The lowest BCUT2D eigenvalue weighted by atomic mass is 10.1. The molecule has 0 bridgehead atoms. The van der Waals surface area contributed by atoms with Gasteiger partial charge in [-0.2, -0.15) is 22.0 Å². The Labute approximate surface area is 212 Å². The quantitative estimate of drug-likeness (QED) is 0.151. The molecular formula is C19H17BrF5N2O3PS3. The Bertz CT molecular complexity index is 1190. The van der Waals surface area contributed by atoms with Gasteiger partial charge in [-0.25, -0.2) is 0 Å². The number of rotatable bonds is 8. The number of nitrogens with zero attached hydrogens (tertiary/aromatic N) is 2. The third kappa shape index (κ3) is 7.25. The summed E-state index contributed by atoms with van der Waals surface area (Å²) in [7, 11) is -5.68. The monoisotopic (exact) mass is 622 g/mol. The van der Waals surface area contributed by atoms with Gasteiger partial charge in [0.15, 0.2) is 8.68 Å². The van der Waals surface area contributed by atoms with Gasteiger partial charge in [-0.15, -0.1) is 10.2 Å². The third-order valence-electron chi connectivity index (χ3n) is 4.09. The van der Waals surface area contributed by atoms with E-state index in [1.165, 1.54) is 53.1 Å². The van der Waals surface area contributed by atoms with Crippen molar-refractivity contribution >= 4 is 58.4 Å². The smallest absolute Gasteiger partial charge is 0.320 e. The first-order chi connectivity index (χ1) is 15.3. The summed E-state index contributed by atoms with van der Waals surface area (Å²) >= 11 is 6.69. The van der Waals surface area contributed by atoms with Crippen LogP contribution in [0.2, 0.25) is 0 Å². The highest BCUT2D eigenvalue weighted by molar-refractivity contribution is 9.10. The minimum Gasteiger partial charge on any atom is -0.320 e. The van der Waals surface area contributed by atoms with Crippen molar-refractivity contribution in [3.63, 3.8) is 0 Å². The summed E-state index contributed by atoms with van der Waals surface area (Å²) in [4.78, 5) is 17.8. The fraction of sp³-hybridized carbons (Fsp3) is 0.263. The zero-order chi connectivity index (χ0) is 24.4. The molecule has 0 amide bonds. The van der Waals surface area contributed by atoms with E-state index < -0.39 is 30.6 Å². The van der Waals surface area contributed by atoms with Crippen LogP contribution in [0.15, 0.2) is 55.6 Å². The van der Waals surface area contributed by atoms with Gasteiger partial charge in [0.25, 0.3) is 0 Å². The van der Waals surface area contributed by atoms with Crippen LogP contribution in [0, 0.1) is 0 Å². The van der Waals surface area contributed by atoms with Gasteiger partial charge in [0.05, 0.1) is 5.56 Å². The molecule has 5 nitrogen and oxygen atoms in total. The van der Waals surface area contributed by atoms with Gasteiger partial charge in [0.2, 0.25) is 0 Å². The van der Waals surface area contributed by atoms with Gasteiger partial charge < -0.3 is 9.79 Å². The van der Waals surface area contributed by atoms with E-state index in [1.54, 1.807) is 6.07 Å². The molecule has 0 atom stereocenters. The first kappa shape index (κ1) is 29.2. The molecule has 0 aliphatic rings. The molecule has 1 heterocycles. The van der Waals surface area contributed by atoms with Crippen LogP contribution in [-0.4, -0.2) is 20.0 Å². The second kappa shape index (κ2) is 11.4. The Hall–Kier alpha value is -1.02. The van der Waals surface area contributed by atoms with Crippen molar-refractivity contribution in [3.05, 3.63) is 69.2 Å². The Morgan fingerprint density at radius 1 is 0.941 bits per heavy atom. The molecule has 15 heteroatoms. The molecule has 186 valence electrons. The number of alkyl halides is 5. The van der Waals surface area contributed by atoms with Gasteiger partial charge in [0.1, 0.15) is 0 Å². The normalized spacial score (nSPS) is 12.5. The molecular weight excluding hydrogens is 606 g/mol. The van der Waals surface area contributed by atoms with Gasteiger partial charge in [0, 0.05) is 21.5 Å². The predicted molar refractivity (Wildman–Crippen MR) is 127 cm³/mol. The van der Waals surface area contributed by atoms with Crippen molar-refractivity contribution in [3.8, 4) is 0 Å². The predicted octanol–water partition coefficient (Wildman–Crippen LogP) is 7.77. The Kier molecular flexibility index (Phi) is 9.76. The molecule has 3 aromatic rings. The molecule has 0 fully saturated rings. The molecule has 1 aromatic heterocycles. The second-order valence-corrected chi connectivity index (χ2v) is 12.4.